The Morgan fingerprint density at radius 2 is 1.76 bits per heavy atom. The number of carbonyl (C=O) groups excluding carboxylic acids is 2. The van der Waals surface area contributed by atoms with Crippen molar-refractivity contribution in [3.8, 4) is 11.3 Å². The molecule has 0 spiro atoms. The van der Waals surface area contributed by atoms with E-state index >= 15 is 0 Å². The molecule has 34 heavy (non-hydrogen) atoms. The van der Waals surface area contributed by atoms with Crippen LogP contribution in [0.1, 0.15) is 40.1 Å². The van der Waals surface area contributed by atoms with Crippen LogP contribution in [0, 0.1) is 6.92 Å². The summed E-state index contributed by atoms with van der Waals surface area (Å²) in [5.74, 6) is -0.612. The highest BCUT2D eigenvalue weighted by Crippen LogP contribution is 2.26. The molecule has 7 heteroatoms. The maximum absolute atomic E-state index is 13.3. The van der Waals surface area contributed by atoms with E-state index in [1.54, 1.807) is 36.9 Å². The van der Waals surface area contributed by atoms with E-state index in [0.29, 0.717) is 33.4 Å². The van der Waals surface area contributed by atoms with Crippen molar-refractivity contribution in [1.82, 2.24) is 20.3 Å². The summed E-state index contributed by atoms with van der Waals surface area (Å²) in [6, 6.07) is 16.3. The summed E-state index contributed by atoms with van der Waals surface area (Å²) in [5.41, 5.74) is 4.63. The fourth-order valence-corrected chi connectivity index (χ4v) is 3.92. The molecule has 1 unspecified atom stereocenters. The molecule has 1 aliphatic rings. The number of aromatic nitrogens is 3. The minimum Gasteiger partial charge on any atom is -0.344 e. The maximum atomic E-state index is 13.3. The van der Waals surface area contributed by atoms with E-state index in [4.69, 9.17) is 0 Å². The number of pyridine rings is 1. The van der Waals surface area contributed by atoms with Crippen molar-refractivity contribution in [3.05, 3.63) is 112 Å². The first kappa shape index (κ1) is 21.3. The summed E-state index contributed by atoms with van der Waals surface area (Å²) in [6.07, 6.45) is 6.56. The van der Waals surface area contributed by atoms with Gasteiger partial charge in [0.25, 0.3) is 11.8 Å². The number of hydrogen-bond donors (Lipinski definition) is 1. The van der Waals surface area contributed by atoms with Crippen molar-refractivity contribution in [3.63, 3.8) is 0 Å². The SMILES string of the molecule is Cc1ccc(-c2cc(C(=O)NC(C)c3cnccn3)cc(C3=c4ccccc4=NC3=O)c2)nc1. The summed E-state index contributed by atoms with van der Waals surface area (Å²) >= 11 is 0. The molecule has 0 aliphatic carbocycles. The zero-order chi connectivity index (χ0) is 23.7. The topological polar surface area (TPSA) is 97.2 Å². The third-order valence-corrected chi connectivity index (χ3v) is 5.67. The molecule has 0 fully saturated rings. The monoisotopic (exact) mass is 447 g/mol. The van der Waals surface area contributed by atoms with E-state index in [1.165, 1.54) is 0 Å². The molecule has 1 aliphatic heterocycles. The highest BCUT2D eigenvalue weighted by Gasteiger charge is 2.21. The molecule has 0 saturated heterocycles. The third kappa shape index (κ3) is 4.11. The highest BCUT2D eigenvalue weighted by molar-refractivity contribution is 6.21. The molecular formula is C27H21N5O2. The number of benzene rings is 2. The number of aryl methyl sites for hydroxylation is 1. The average molecular weight is 447 g/mol. The lowest BCUT2D eigenvalue weighted by atomic mass is 9.96. The molecule has 0 radical (unpaired) electrons. The van der Waals surface area contributed by atoms with Gasteiger partial charge in [-0.2, -0.15) is 0 Å². The van der Waals surface area contributed by atoms with Gasteiger partial charge in [0.15, 0.2) is 0 Å². The van der Waals surface area contributed by atoms with Gasteiger partial charge in [-0.3, -0.25) is 24.5 Å². The van der Waals surface area contributed by atoms with Crippen LogP contribution < -0.4 is 15.9 Å². The Morgan fingerprint density at radius 1 is 0.941 bits per heavy atom. The Hall–Kier alpha value is -4.52. The van der Waals surface area contributed by atoms with Crippen molar-refractivity contribution in [1.29, 1.82) is 0 Å². The fourth-order valence-electron chi connectivity index (χ4n) is 3.92. The van der Waals surface area contributed by atoms with Crippen LogP contribution in [0.4, 0.5) is 0 Å². The molecule has 5 rings (SSSR count). The van der Waals surface area contributed by atoms with Gasteiger partial charge in [-0.15, -0.1) is 0 Å². The minimum absolute atomic E-state index is 0.287. The Balaban J connectivity index is 1.62. The Morgan fingerprint density at radius 3 is 2.53 bits per heavy atom. The van der Waals surface area contributed by atoms with Gasteiger partial charge < -0.3 is 5.32 Å². The summed E-state index contributed by atoms with van der Waals surface area (Å²) in [6.45, 7) is 3.81. The van der Waals surface area contributed by atoms with Crippen molar-refractivity contribution < 1.29 is 9.59 Å². The molecular weight excluding hydrogens is 426 g/mol. The molecule has 7 nitrogen and oxygen atoms in total. The van der Waals surface area contributed by atoms with Crippen LogP contribution in [-0.4, -0.2) is 26.8 Å². The predicted molar refractivity (Wildman–Crippen MR) is 127 cm³/mol. The highest BCUT2D eigenvalue weighted by atomic mass is 16.2. The standard InChI is InChI=1S/C27H21N5O2/c1-16-7-8-22(30-14-16)18-11-19(25-21-5-3-4-6-23(21)32-27(25)34)13-20(12-18)26(33)31-17(2)24-15-28-9-10-29-24/h3-15,17H,1-2H3,(H,31,33). The first-order chi connectivity index (χ1) is 16.5. The van der Waals surface area contributed by atoms with Crippen LogP contribution in [0.25, 0.3) is 16.8 Å². The van der Waals surface area contributed by atoms with Crippen LogP contribution in [-0.2, 0) is 4.79 Å². The summed E-state index contributed by atoms with van der Waals surface area (Å²) < 4.78 is 0. The van der Waals surface area contributed by atoms with Gasteiger partial charge >= 0.3 is 0 Å². The summed E-state index contributed by atoms with van der Waals surface area (Å²) in [7, 11) is 0. The lowest BCUT2D eigenvalue weighted by molar-refractivity contribution is -0.112. The van der Waals surface area contributed by atoms with Crippen molar-refractivity contribution >= 4 is 17.4 Å². The quantitative estimate of drug-likeness (QED) is 0.507. The molecule has 1 N–H and O–H groups in total. The second-order valence-electron chi connectivity index (χ2n) is 8.15. The number of nitrogens with zero attached hydrogens (tertiary/aromatic N) is 4. The number of amides is 2. The van der Waals surface area contributed by atoms with E-state index in [0.717, 1.165) is 16.3 Å². The third-order valence-electron chi connectivity index (χ3n) is 5.67. The largest absolute Gasteiger partial charge is 0.344 e. The second-order valence-corrected chi connectivity index (χ2v) is 8.15. The number of nitrogens with one attached hydrogen (secondary N) is 1. The first-order valence-corrected chi connectivity index (χ1v) is 10.9. The molecule has 4 aromatic rings. The Bertz CT molecular complexity index is 1530. The van der Waals surface area contributed by atoms with Gasteiger partial charge in [0, 0.05) is 34.9 Å². The van der Waals surface area contributed by atoms with Crippen molar-refractivity contribution in [2.75, 3.05) is 0 Å². The van der Waals surface area contributed by atoms with Crippen molar-refractivity contribution in [2.24, 2.45) is 4.99 Å². The van der Waals surface area contributed by atoms with Crippen molar-refractivity contribution in [2.45, 2.75) is 19.9 Å². The van der Waals surface area contributed by atoms with Gasteiger partial charge in [-0.1, -0.05) is 24.3 Å². The lowest BCUT2D eigenvalue weighted by Crippen LogP contribution is -2.27. The molecule has 0 bridgehead atoms. The molecule has 2 amide bonds. The molecule has 166 valence electrons. The van der Waals surface area contributed by atoms with E-state index in [2.05, 4.69) is 25.3 Å². The zero-order valence-corrected chi connectivity index (χ0v) is 18.7. The second kappa shape index (κ2) is 8.78. The minimum atomic E-state index is -0.345. The van der Waals surface area contributed by atoms with Crippen LogP contribution >= 0.6 is 0 Å². The molecule has 3 heterocycles. The van der Waals surface area contributed by atoms with Crippen LogP contribution in [0.15, 0.2) is 84.4 Å². The van der Waals surface area contributed by atoms with Gasteiger partial charge in [0.05, 0.1) is 34.6 Å². The first-order valence-electron chi connectivity index (χ1n) is 10.9. The van der Waals surface area contributed by atoms with E-state index in [1.807, 2.05) is 56.3 Å². The number of para-hydroxylation sites is 1. The predicted octanol–water partition coefficient (Wildman–Crippen LogP) is 2.70. The number of carbonyl (C=O) groups is 2. The van der Waals surface area contributed by atoms with Gasteiger partial charge in [0.2, 0.25) is 0 Å². The summed E-state index contributed by atoms with van der Waals surface area (Å²) in [5, 5.41) is 4.35. The lowest BCUT2D eigenvalue weighted by Gasteiger charge is -2.15. The van der Waals surface area contributed by atoms with Crippen LogP contribution in [0.3, 0.4) is 0 Å². The fraction of sp³-hybridized carbons (Fsp3) is 0.111. The average Bonchev–Trinajstić information content (AvgIpc) is 3.20. The molecule has 1 atom stereocenters. The van der Waals surface area contributed by atoms with E-state index < -0.39 is 0 Å². The summed E-state index contributed by atoms with van der Waals surface area (Å²) in [4.78, 5) is 43.1. The Labute approximate surface area is 196 Å². The number of rotatable bonds is 5. The van der Waals surface area contributed by atoms with E-state index in [9.17, 15) is 9.59 Å². The Kier molecular flexibility index (Phi) is 5.51. The smallest absolute Gasteiger partial charge is 0.278 e. The normalized spacial score (nSPS) is 13.2. The number of fused-ring (bicyclic) bond motifs is 1. The van der Waals surface area contributed by atoms with Crippen LogP contribution in [0.2, 0.25) is 0 Å². The van der Waals surface area contributed by atoms with Gasteiger partial charge in [-0.25, -0.2) is 4.99 Å². The zero-order valence-electron chi connectivity index (χ0n) is 18.7. The van der Waals surface area contributed by atoms with E-state index in [-0.39, 0.29) is 17.9 Å². The molecule has 2 aromatic carbocycles. The number of hydrogen-bond acceptors (Lipinski definition) is 5. The molecule has 0 saturated carbocycles. The van der Waals surface area contributed by atoms with Crippen LogP contribution in [0.5, 0.6) is 0 Å². The molecule has 2 aromatic heterocycles. The maximum Gasteiger partial charge on any atom is 0.278 e. The van der Waals surface area contributed by atoms with Gasteiger partial charge in [0.1, 0.15) is 0 Å². The van der Waals surface area contributed by atoms with Gasteiger partial charge in [-0.05, 0) is 55.3 Å².